The number of halogens is 2. The Kier molecular flexibility index (Phi) is 5.38. The summed E-state index contributed by atoms with van der Waals surface area (Å²) in [5.74, 6) is 0.571. The summed E-state index contributed by atoms with van der Waals surface area (Å²) < 4.78 is 1.76. The fourth-order valence-electron chi connectivity index (χ4n) is 3.33. The van der Waals surface area contributed by atoms with E-state index in [0.29, 0.717) is 21.6 Å². The van der Waals surface area contributed by atoms with Crippen LogP contribution in [0.4, 0.5) is 22.0 Å². The van der Waals surface area contributed by atoms with Crippen LogP contribution in [0, 0.1) is 0 Å². The number of benzene rings is 2. The van der Waals surface area contributed by atoms with Gasteiger partial charge in [-0.05, 0) is 42.3 Å². The lowest BCUT2D eigenvalue weighted by atomic mass is 9.92. The van der Waals surface area contributed by atoms with Crippen molar-refractivity contribution in [3.05, 3.63) is 63.8 Å². The predicted octanol–water partition coefficient (Wildman–Crippen LogP) is 6.09. The Labute approximate surface area is 185 Å². The third-order valence-corrected chi connectivity index (χ3v) is 5.78. The van der Waals surface area contributed by atoms with Crippen LogP contribution in [0.5, 0.6) is 0 Å². The highest BCUT2D eigenvalue weighted by atomic mass is 35.5. The van der Waals surface area contributed by atoms with Crippen LogP contribution in [-0.2, 0) is 11.8 Å². The number of aromatic nitrogens is 2. The van der Waals surface area contributed by atoms with Crippen molar-refractivity contribution in [1.29, 1.82) is 0 Å². The van der Waals surface area contributed by atoms with Crippen molar-refractivity contribution >= 4 is 46.4 Å². The zero-order valence-electron chi connectivity index (χ0n) is 17.0. The molecule has 30 heavy (non-hydrogen) atoms. The lowest BCUT2D eigenvalue weighted by Gasteiger charge is -2.14. The summed E-state index contributed by atoms with van der Waals surface area (Å²) in [6.07, 6.45) is 0.965. The van der Waals surface area contributed by atoms with Gasteiger partial charge in [-0.3, -0.25) is 5.32 Å². The zero-order chi connectivity index (χ0) is 21.5. The number of amides is 2. The van der Waals surface area contributed by atoms with Gasteiger partial charge in [-0.25, -0.2) is 9.48 Å². The van der Waals surface area contributed by atoms with Gasteiger partial charge >= 0.3 is 6.03 Å². The molecule has 156 valence electrons. The van der Waals surface area contributed by atoms with E-state index in [0.717, 1.165) is 30.0 Å². The van der Waals surface area contributed by atoms with Gasteiger partial charge in [0.15, 0.2) is 0 Å². The van der Waals surface area contributed by atoms with Crippen molar-refractivity contribution in [1.82, 2.24) is 9.78 Å². The topological polar surface area (TPSA) is 71.0 Å². The van der Waals surface area contributed by atoms with Gasteiger partial charge in [-0.2, -0.15) is 5.10 Å². The Morgan fingerprint density at radius 3 is 2.70 bits per heavy atom. The first kappa shape index (κ1) is 20.6. The molecule has 1 aliphatic heterocycles. The minimum Gasteiger partial charge on any atom is -0.384 e. The first-order valence-electron chi connectivity index (χ1n) is 9.72. The summed E-state index contributed by atoms with van der Waals surface area (Å²) in [7, 11) is 0. The average molecular weight is 444 g/mol. The third kappa shape index (κ3) is 4.11. The molecule has 6 nitrogen and oxygen atoms in total. The fraction of sp³-hybridized carbons (Fsp3) is 0.273. The molecule has 0 unspecified atom stereocenters. The molecule has 0 radical (unpaired) electrons. The highest BCUT2D eigenvalue weighted by Crippen LogP contribution is 2.31. The van der Waals surface area contributed by atoms with Crippen molar-refractivity contribution < 1.29 is 4.79 Å². The molecular formula is C22H23Cl2N5O. The summed E-state index contributed by atoms with van der Waals surface area (Å²) in [6, 6.07) is 12.7. The van der Waals surface area contributed by atoms with E-state index in [1.165, 1.54) is 5.56 Å². The van der Waals surface area contributed by atoms with Crippen molar-refractivity contribution in [2.45, 2.75) is 32.6 Å². The number of carbonyl (C=O) groups is 1. The maximum absolute atomic E-state index is 12.7. The molecule has 3 aromatic rings. The van der Waals surface area contributed by atoms with E-state index < -0.39 is 6.03 Å². The number of anilines is 3. The summed E-state index contributed by atoms with van der Waals surface area (Å²) in [4.78, 5) is 12.7. The van der Waals surface area contributed by atoms with Gasteiger partial charge in [-0.15, -0.1) is 0 Å². The van der Waals surface area contributed by atoms with Crippen LogP contribution in [0.15, 0.2) is 42.5 Å². The van der Waals surface area contributed by atoms with Crippen molar-refractivity contribution in [2.24, 2.45) is 0 Å². The van der Waals surface area contributed by atoms with E-state index in [1.807, 2.05) is 18.2 Å². The summed E-state index contributed by atoms with van der Waals surface area (Å²) >= 11 is 12.2. The van der Waals surface area contributed by atoms with Crippen LogP contribution >= 0.6 is 23.2 Å². The molecule has 0 saturated carbocycles. The molecule has 0 atom stereocenters. The molecule has 0 aliphatic carbocycles. The number of fused-ring (bicyclic) bond motifs is 1. The Morgan fingerprint density at radius 2 is 1.93 bits per heavy atom. The number of nitrogens with zero attached hydrogens (tertiary/aromatic N) is 2. The quantitative estimate of drug-likeness (QED) is 0.458. The smallest absolute Gasteiger partial charge is 0.324 e. The summed E-state index contributed by atoms with van der Waals surface area (Å²) in [5, 5.41) is 14.5. The number of hydrogen-bond acceptors (Lipinski definition) is 3. The predicted molar refractivity (Wildman–Crippen MR) is 124 cm³/mol. The van der Waals surface area contributed by atoms with Crippen LogP contribution in [0.25, 0.3) is 5.69 Å². The zero-order valence-corrected chi connectivity index (χ0v) is 18.5. The third-order valence-electron chi connectivity index (χ3n) is 4.96. The van der Waals surface area contributed by atoms with Crippen LogP contribution in [0.1, 0.15) is 32.0 Å². The highest BCUT2D eigenvalue weighted by Gasteiger charge is 2.22. The molecule has 4 rings (SSSR count). The van der Waals surface area contributed by atoms with Crippen LogP contribution in [0.2, 0.25) is 10.0 Å². The molecule has 2 amide bonds. The Morgan fingerprint density at radius 1 is 1.13 bits per heavy atom. The van der Waals surface area contributed by atoms with Crippen molar-refractivity contribution in [2.75, 3.05) is 22.5 Å². The Bertz CT molecular complexity index is 1120. The normalized spacial score (nSPS) is 13.0. The highest BCUT2D eigenvalue weighted by molar-refractivity contribution is 6.44. The summed E-state index contributed by atoms with van der Waals surface area (Å²) in [6.45, 7) is 7.19. The van der Waals surface area contributed by atoms with Gasteiger partial charge in [0, 0.05) is 23.7 Å². The largest absolute Gasteiger partial charge is 0.384 e. The van der Waals surface area contributed by atoms with Gasteiger partial charge in [0.2, 0.25) is 0 Å². The lowest BCUT2D eigenvalue weighted by molar-refractivity contribution is 0.262. The molecule has 3 N–H and O–H groups in total. The van der Waals surface area contributed by atoms with E-state index in [1.54, 1.807) is 22.9 Å². The minimum absolute atomic E-state index is 0.174. The standard InChI is InChI=1S/C22H23Cl2N5O/c1-22(2,3)18-12-19(27-21(30)26-17-6-4-5-15(23)20(17)24)29(28-18)14-7-8-16-13(11-14)9-10-25-16/h4-8,11-12,25H,9-10H2,1-3H3,(H2,26,27,30). The van der Waals surface area contributed by atoms with E-state index in [2.05, 4.69) is 42.8 Å². The fourth-order valence-corrected chi connectivity index (χ4v) is 3.67. The van der Waals surface area contributed by atoms with Gasteiger partial charge < -0.3 is 10.6 Å². The molecule has 8 heteroatoms. The second-order valence-electron chi connectivity index (χ2n) is 8.28. The summed E-state index contributed by atoms with van der Waals surface area (Å²) in [5.41, 5.74) is 4.41. The Balaban J connectivity index is 1.66. The van der Waals surface area contributed by atoms with Crippen LogP contribution in [-0.4, -0.2) is 22.4 Å². The Hall–Kier alpha value is -2.70. The van der Waals surface area contributed by atoms with Crippen LogP contribution < -0.4 is 16.0 Å². The molecule has 2 aromatic carbocycles. The van der Waals surface area contributed by atoms with E-state index in [9.17, 15) is 4.79 Å². The maximum atomic E-state index is 12.7. The van der Waals surface area contributed by atoms with Gasteiger partial charge in [0.25, 0.3) is 0 Å². The van der Waals surface area contributed by atoms with Crippen molar-refractivity contribution in [3.63, 3.8) is 0 Å². The first-order valence-corrected chi connectivity index (χ1v) is 10.5. The number of urea groups is 1. The van der Waals surface area contributed by atoms with Gasteiger partial charge in [0.1, 0.15) is 5.82 Å². The maximum Gasteiger partial charge on any atom is 0.324 e. The second kappa shape index (κ2) is 7.85. The van der Waals surface area contributed by atoms with Crippen LogP contribution in [0.3, 0.4) is 0 Å². The minimum atomic E-state index is -0.427. The lowest BCUT2D eigenvalue weighted by Crippen LogP contribution is -2.21. The first-order chi connectivity index (χ1) is 14.2. The number of nitrogens with one attached hydrogen (secondary N) is 3. The monoisotopic (exact) mass is 443 g/mol. The molecule has 0 spiro atoms. The molecule has 2 heterocycles. The van der Waals surface area contributed by atoms with Gasteiger partial charge in [0.05, 0.1) is 27.1 Å². The van der Waals surface area contributed by atoms with E-state index in [-0.39, 0.29) is 5.41 Å². The molecule has 0 bridgehead atoms. The van der Waals surface area contributed by atoms with E-state index >= 15 is 0 Å². The molecular weight excluding hydrogens is 421 g/mol. The molecule has 1 aliphatic rings. The second-order valence-corrected chi connectivity index (χ2v) is 9.06. The van der Waals surface area contributed by atoms with E-state index in [4.69, 9.17) is 28.3 Å². The molecule has 1 aromatic heterocycles. The van der Waals surface area contributed by atoms with Crippen molar-refractivity contribution in [3.8, 4) is 5.69 Å². The number of rotatable bonds is 3. The number of hydrogen-bond donors (Lipinski definition) is 3. The SMILES string of the molecule is CC(C)(C)c1cc(NC(=O)Nc2cccc(Cl)c2Cl)n(-c2ccc3c(c2)CCN3)n1. The number of carbonyl (C=O) groups excluding carboxylic acids is 1. The average Bonchev–Trinajstić information content (AvgIpc) is 3.31. The molecule has 0 saturated heterocycles. The molecule has 0 fully saturated rings. The van der Waals surface area contributed by atoms with Gasteiger partial charge in [-0.1, -0.05) is 50.0 Å².